The highest BCUT2D eigenvalue weighted by molar-refractivity contribution is 7.99. The Morgan fingerprint density at radius 2 is 1.86 bits per heavy atom. The monoisotopic (exact) mass is 393 g/mol. The summed E-state index contributed by atoms with van der Waals surface area (Å²) in [4.78, 5) is 21.8. The van der Waals surface area contributed by atoms with E-state index in [2.05, 4.69) is 9.97 Å². The molecule has 0 aliphatic carbocycles. The van der Waals surface area contributed by atoms with Crippen LogP contribution in [-0.4, -0.2) is 26.9 Å². The number of fused-ring (bicyclic) bond motifs is 1. The summed E-state index contributed by atoms with van der Waals surface area (Å²) in [7, 11) is 0. The zero-order chi connectivity index (χ0) is 19.3. The van der Waals surface area contributed by atoms with Gasteiger partial charge in [-0.3, -0.25) is 14.3 Å². The van der Waals surface area contributed by atoms with Crippen LogP contribution in [0, 0.1) is 5.82 Å². The largest absolute Gasteiger partial charge is 0.493 e. The summed E-state index contributed by atoms with van der Waals surface area (Å²) < 4.78 is 20.2. The molecule has 0 saturated heterocycles. The predicted molar refractivity (Wildman–Crippen MR) is 108 cm³/mol. The molecule has 0 aliphatic heterocycles. The number of aromatic nitrogens is 3. The van der Waals surface area contributed by atoms with Gasteiger partial charge in [0.2, 0.25) is 0 Å². The van der Waals surface area contributed by atoms with Crippen molar-refractivity contribution in [3.8, 4) is 11.4 Å². The van der Waals surface area contributed by atoms with Gasteiger partial charge in [-0.2, -0.15) is 0 Å². The van der Waals surface area contributed by atoms with Crippen LogP contribution in [0.15, 0.2) is 83.0 Å². The van der Waals surface area contributed by atoms with Crippen LogP contribution in [-0.2, 0) is 0 Å². The molecule has 0 spiro atoms. The number of halogens is 1. The van der Waals surface area contributed by atoms with Crippen LogP contribution >= 0.6 is 11.8 Å². The number of hydrogen-bond donors (Lipinski definition) is 0. The maximum absolute atomic E-state index is 13.1. The average molecular weight is 393 g/mol. The molecule has 0 amide bonds. The number of pyridine rings is 1. The molecule has 0 radical (unpaired) electrons. The molecule has 7 heteroatoms. The van der Waals surface area contributed by atoms with Gasteiger partial charge in [0.25, 0.3) is 5.56 Å². The van der Waals surface area contributed by atoms with E-state index in [1.54, 1.807) is 41.2 Å². The quantitative estimate of drug-likeness (QED) is 0.281. The van der Waals surface area contributed by atoms with Crippen molar-refractivity contribution in [3.63, 3.8) is 0 Å². The van der Waals surface area contributed by atoms with Crippen LogP contribution in [0.5, 0.6) is 5.75 Å². The second-order valence-corrected chi connectivity index (χ2v) is 6.98. The first-order valence-electron chi connectivity index (χ1n) is 8.66. The van der Waals surface area contributed by atoms with Gasteiger partial charge in [-0.25, -0.2) is 9.37 Å². The van der Waals surface area contributed by atoms with Gasteiger partial charge in [0.15, 0.2) is 5.16 Å². The van der Waals surface area contributed by atoms with Crippen LogP contribution < -0.4 is 10.3 Å². The Hall–Kier alpha value is -3.19. The van der Waals surface area contributed by atoms with Crippen molar-refractivity contribution in [2.75, 3.05) is 12.4 Å². The molecular formula is C21H16FN3O2S. The van der Waals surface area contributed by atoms with Crippen LogP contribution in [0.3, 0.4) is 0 Å². The van der Waals surface area contributed by atoms with Crippen molar-refractivity contribution in [2.45, 2.75) is 5.16 Å². The molecule has 0 N–H and O–H groups in total. The molecule has 0 aliphatic rings. The Bertz CT molecular complexity index is 1150. The van der Waals surface area contributed by atoms with E-state index in [1.165, 1.54) is 23.9 Å². The lowest BCUT2D eigenvalue weighted by molar-refractivity contribution is 0.343. The van der Waals surface area contributed by atoms with Crippen molar-refractivity contribution in [1.82, 2.24) is 14.5 Å². The molecule has 4 rings (SSSR count). The number of thioether (sulfide) groups is 1. The fraction of sp³-hybridized carbons (Fsp3) is 0.0952. The Morgan fingerprint density at radius 1 is 1.04 bits per heavy atom. The highest BCUT2D eigenvalue weighted by Gasteiger charge is 2.13. The molecule has 5 nitrogen and oxygen atoms in total. The van der Waals surface area contributed by atoms with E-state index in [-0.39, 0.29) is 11.4 Å². The Morgan fingerprint density at radius 3 is 2.64 bits per heavy atom. The molecule has 0 fully saturated rings. The van der Waals surface area contributed by atoms with E-state index in [4.69, 9.17) is 4.74 Å². The average Bonchev–Trinajstić information content (AvgIpc) is 2.73. The van der Waals surface area contributed by atoms with Crippen molar-refractivity contribution in [2.24, 2.45) is 0 Å². The Labute approximate surface area is 164 Å². The number of para-hydroxylation sites is 1. The maximum atomic E-state index is 13.1. The number of rotatable bonds is 6. The maximum Gasteiger partial charge on any atom is 0.266 e. The molecule has 28 heavy (non-hydrogen) atoms. The molecular weight excluding hydrogens is 377 g/mol. The number of nitrogens with zero attached hydrogens (tertiary/aromatic N) is 3. The minimum Gasteiger partial charge on any atom is -0.493 e. The minimum atomic E-state index is -0.303. The summed E-state index contributed by atoms with van der Waals surface area (Å²) in [5.74, 6) is 0.864. The highest BCUT2D eigenvalue weighted by Crippen LogP contribution is 2.21. The van der Waals surface area contributed by atoms with Crippen molar-refractivity contribution < 1.29 is 9.13 Å². The lowest BCUT2D eigenvalue weighted by Crippen LogP contribution is -2.22. The van der Waals surface area contributed by atoms with Crippen molar-refractivity contribution in [3.05, 3.63) is 89.2 Å². The van der Waals surface area contributed by atoms with Gasteiger partial charge >= 0.3 is 0 Å². The molecule has 2 aromatic heterocycles. The van der Waals surface area contributed by atoms with Gasteiger partial charge in [-0.15, -0.1) is 0 Å². The van der Waals surface area contributed by atoms with Gasteiger partial charge in [0.05, 0.1) is 29.4 Å². The van der Waals surface area contributed by atoms with Crippen LogP contribution in [0.25, 0.3) is 16.6 Å². The van der Waals surface area contributed by atoms with Gasteiger partial charge < -0.3 is 4.74 Å². The van der Waals surface area contributed by atoms with Crippen LogP contribution in [0.2, 0.25) is 0 Å². The summed E-state index contributed by atoms with van der Waals surface area (Å²) in [5.41, 5.74) is 1.17. The molecule has 2 heterocycles. The fourth-order valence-corrected chi connectivity index (χ4v) is 3.58. The molecule has 0 unspecified atom stereocenters. The second kappa shape index (κ2) is 8.22. The van der Waals surface area contributed by atoms with E-state index in [9.17, 15) is 9.18 Å². The normalized spacial score (nSPS) is 10.9. The summed E-state index contributed by atoms with van der Waals surface area (Å²) >= 11 is 1.42. The summed E-state index contributed by atoms with van der Waals surface area (Å²) in [6.45, 7) is 0.395. The van der Waals surface area contributed by atoms with E-state index < -0.39 is 0 Å². The van der Waals surface area contributed by atoms with Crippen LogP contribution in [0.4, 0.5) is 4.39 Å². The zero-order valence-corrected chi connectivity index (χ0v) is 15.6. The Kier molecular flexibility index (Phi) is 5.34. The highest BCUT2D eigenvalue weighted by atomic mass is 32.2. The summed E-state index contributed by atoms with van der Waals surface area (Å²) in [5, 5.41) is 1.12. The van der Waals surface area contributed by atoms with Gasteiger partial charge in [-0.05, 0) is 48.5 Å². The lowest BCUT2D eigenvalue weighted by atomic mass is 10.2. The van der Waals surface area contributed by atoms with Crippen LogP contribution in [0.1, 0.15) is 0 Å². The van der Waals surface area contributed by atoms with Crippen molar-refractivity contribution >= 4 is 22.7 Å². The SMILES string of the molecule is O=c1c2ccccc2nc(SCCOc2ccc(F)cc2)n1-c1cccnc1. The van der Waals surface area contributed by atoms with E-state index in [0.29, 0.717) is 39.9 Å². The topological polar surface area (TPSA) is 57.0 Å². The first-order valence-corrected chi connectivity index (χ1v) is 9.64. The minimum absolute atomic E-state index is 0.138. The molecule has 0 bridgehead atoms. The zero-order valence-electron chi connectivity index (χ0n) is 14.8. The third-order valence-electron chi connectivity index (χ3n) is 4.05. The van der Waals surface area contributed by atoms with E-state index in [0.717, 1.165) is 0 Å². The second-order valence-electron chi connectivity index (χ2n) is 5.91. The molecule has 140 valence electrons. The van der Waals surface area contributed by atoms with E-state index in [1.807, 2.05) is 24.3 Å². The first-order chi connectivity index (χ1) is 13.7. The lowest BCUT2D eigenvalue weighted by Gasteiger charge is -2.13. The number of hydrogen-bond acceptors (Lipinski definition) is 5. The summed E-state index contributed by atoms with van der Waals surface area (Å²) in [6, 6.07) is 16.7. The van der Waals surface area contributed by atoms with Gasteiger partial charge in [0, 0.05) is 11.9 Å². The first kappa shape index (κ1) is 18.2. The molecule has 0 atom stereocenters. The standard InChI is InChI=1S/C21H16FN3O2S/c22-15-7-9-17(10-8-15)27-12-13-28-21-24-19-6-2-1-5-18(19)20(26)25(21)16-4-3-11-23-14-16/h1-11,14H,12-13H2. The Balaban J connectivity index is 1.60. The smallest absolute Gasteiger partial charge is 0.266 e. The molecule has 2 aromatic carbocycles. The fourth-order valence-electron chi connectivity index (χ4n) is 2.75. The molecule has 4 aromatic rings. The van der Waals surface area contributed by atoms with Gasteiger partial charge in [-0.1, -0.05) is 23.9 Å². The predicted octanol–water partition coefficient (Wildman–Crippen LogP) is 4.09. The third-order valence-corrected chi connectivity index (χ3v) is 4.95. The van der Waals surface area contributed by atoms with Crippen molar-refractivity contribution in [1.29, 1.82) is 0 Å². The third kappa shape index (κ3) is 3.89. The van der Waals surface area contributed by atoms with Gasteiger partial charge in [0.1, 0.15) is 11.6 Å². The van der Waals surface area contributed by atoms with E-state index >= 15 is 0 Å². The molecule has 0 saturated carbocycles. The number of benzene rings is 2. The summed E-state index contributed by atoms with van der Waals surface area (Å²) in [6.07, 6.45) is 3.29. The number of ether oxygens (including phenoxy) is 1.